The molecule has 3 N–H and O–H groups in total. The molecule has 1 aliphatic heterocycles. The molecule has 11 heteroatoms. The van der Waals surface area contributed by atoms with E-state index in [2.05, 4.69) is 15.2 Å². The number of carbonyl (C=O) groups is 1. The van der Waals surface area contributed by atoms with Crippen molar-refractivity contribution in [2.45, 2.75) is 63.4 Å². The molecule has 0 bridgehead atoms. The van der Waals surface area contributed by atoms with E-state index in [1.165, 1.54) is 6.33 Å². The molecule has 204 valence electrons. The molecule has 2 aromatic carbocycles. The van der Waals surface area contributed by atoms with Crippen LogP contribution in [0.15, 0.2) is 60.9 Å². The van der Waals surface area contributed by atoms with Gasteiger partial charge in [-0.15, -0.1) is 0 Å². The number of nitrogens with zero attached hydrogens (tertiary/aromatic N) is 3. The first kappa shape index (κ1) is 26.0. The number of hydrogen-bond acceptors (Lipinski definition) is 9. The van der Waals surface area contributed by atoms with Crippen molar-refractivity contribution in [2.24, 2.45) is 0 Å². The molecule has 1 saturated carbocycles. The molecule has 3 heterocycles. The standard InChI is InChI=1S/C28H32N5O5P/c1-18(28(34)37-20-8-5-9-20)32-39(38-25-11-4-7-19-6-2-3-10-22(19)25)35-16-21-12-15-26(36-21)23-13-14-24-27(29)30-17-31-33(23)24/h2-4,6-7,10-11,13-14,17-18,20-21,26,32H,5,8-9,12,15-16H2,1H3,(H2,29,30,31)/t18-,21?,26?,39?/m0/s1. The predicted octanol–water partition coefficient (Wildman–Crippen LogP) is 5.08. The summed E-state index contributed by atoms with van der Waals surface area (Å²) in [5, 5.41) is 9.61. The van der Waals surface area contributed by atoms with Crippen molar-refractivity contribution in [1.82, 2.24) is 19.7 Å². The van der Waals surface area contributed by atoms with Crippen molar-refractivity contribution in [3.8, 4) is 5.75 Å². The first-order chi connectivity index (χ1) is 19.0. The first-order valence-electron chi connectivity index (χ1n) is 13.3. The van der Waals surface area contributed by atoms with E-state index in [1.807, 2.05) is 54.6 Å². The van der Waals surface area contributed by atoms with Crippen molar-refractivity contribution in [1.29, 1.82) is 0 Å². The second-order valence-corrected chi connectivity index (χ2v) is 11.2. The third kappa shape index (κ3) is 5.70. The molecule has 4 aromatic rings. The molecular formula is C28H32N5O5P. The second-order valence-electron chi connectivity index (χ2n) is 9.99. The van der Waals surface area contributed by atoms with Gasteiger partial charge in [0, 0.05) is 5.39 Å². The van der Waals surface area contributed by atoms with Crippen LogP contribution in [0.5, 0.6) is 5.75 Å². The Labute approximate surface area is 227 Å². The minimum Gasteiger partial charge on any atom is -0.461 e. The highest BCUT2D eigenvalue weighted by Gasteiger charge is 2.32. The maximum atomic E-state index is 12.7. The van der Waals surface area contributed by atoms with Gasteiger partial charge in [0.2, 0.25) is 0 Å². The molecular weight excluding hydrogens is 517 g/mol. The van der Waals surface area contributed by atoms with E-state index in [-0.39, 0.29) is 24.3 Å². The molecule has 6 rings (SSSR count). The van der Waals surface area contributed by atoms with Crippen LogP contribution in [-0.2, 0) is 18.8 Å². The Balaban J connectivity index is 1.13. The summed E-state index contributed by atoms with van der Waals surface area (Å²) >= 11 is 0. The zero-order valence-electron chi connectivity index (χ0n) is 21.7. The van der Waals surface area contributed by atoms with Gasteiger partial charge in [0.25, 0.3) is 0 Å². The number of nitrogen functional groups attached to an aromatic ring is 1. The number of aromatic nitrogens is 3. The third-order valence-corrected chi connectivity index (χ3v) is 8.59. The third-order valence-electron chi connectivity index (χ3n) is 7.24. The van der Waals surface area contributed by atoms with Gasteiger partial charge in [-0.25, -0.2) is 14.6 Å². The number of benzene rings is 2. The van der Waals surface area contributed by atoms with Crippen molar-refractivity contribution < 1.29 is 23.3 Å². The Hall–Kier alpha value is -3.30. The lowest BCUT2D eigenvalue weighted by molar-refractivity contribution is -0.154. The maximum Gasteiger partial charge on any atom is 0.323 e. The van der Waals surface area contributed by atoms with Crippen molar-refractivity contribution >= 4 is 36.6 Å². The summed E-state index contributed by atoms with van der Waals surface area (Å²) in [5.74, 6) is 0.825. The number of ether oxygens (including phenoxy) is 2. The lowest BCUT2D eigenvalue weighted by Crippen LogP contribution is -2.37. The molecule has 1 saturated heterocycles. The van der Waals surface area contributed by atoms with Gasteiger partial charge in [0.15, 0.2) is 5.82 Å². The fourth-order valence-corrected chi connectivity index (χ4v) is 6.08. The van der Waals surface area contributed by atoms with Crippen LogP contribution in [0.2, 0.25) is 0 Å². The van der Waals surface area contributed by atoms with Gasteiger partial charge in [-0.1, -0.05) is 36.4 Å². The molecule has 0 radical (unpaired) electrons. The summed E-state index contributed by atoms with van der Waals surface area (Å²) in [6.07, 6.45) is 5.77. The lowest BCUT2D eigenvalue weighted by Gasteiger charge is -2.28. The largest absolute Gasteiger partial charge is 0.461 e. The fraction of sp³-hybridized carbons (Fsp3) is 0.393. The minimum absolute atomic E-state index is 0.0162. The van der Waals surface area contributed by atoms with Crippen molar-refractivity contribution in [2.75, 3.05) is 12.3 Å². The molecule has 3 unspecified atom stereocenters. The van der Waals surface area contributed by atoms with Gasteiger partial charge in [-0.3, -0.25) is 4.79 Å². The highest BCUT2D eigenvalue weighted by atomic mass is 31.2. The van der Waals surface area contributed by atoms with Crippen LogP contribution in [0.1, 0.15) is 50.8 Å². The monoisotopic (exact) mass is 549 g/mol. The number of carbonyl (C=O) groups excluding carboxylic acids is 1. The Morgan fingerprint density at radius 2 is 2.00 bits per heavy atom. The topological polar surface area (TPSA) is 122 Å². The van der Waals surface area contributed by atoms with Crippen LogP contribution in [0.4, 0.5) is 5.82 Å². The molecule has 1 aliphatic carbocycles. The molecule has 10 nitrogen and oxygen atoms in total. The van der Waals surface area contributed by atoms with Crippen molar-refractivity contribution in [3.05, 3.63) is 66.6 Å². The molecule has 4 atom stereocenters. The van der Waals surface area contributed by atoms with E-state index >= 15 is 0 Å². The zero-order valence-corrected chi connectivity index (χ0v) is 22.6. The fourth-order valence-electron chi connectivity index (χ4n) is 4.83. The Morgan fingerprint density at radius 3 is 2.85 bits per heavy atom. The van der Waals surface area contributed by atoms with Gasteiger partial charge >= 0.3 is 14.5 Å². The van der Waals surface area contributed by atoms with Crippen LogP contribution in [0.25, 0.3) is 16.3 Å². The van der Waals surface area contributed by atoms with Crippen molar-refractivity contribution in [3.63, 3.8) is 0 Å². The summed E-state index contributed by atoms with van der Waals surface area (Å²) in [6.45, 7) is 2.09. The minimum atomic E-state index is -1.67. The maximum absolute atomic E-state index is 12.7. The highest BCUT2D eigenvalue weighted by Crippen LogP contribution is 2.41. The molecule has 39 heavy (non-hydrogen) atoms. The summed E-state index contributed by atoms with van der Waals surface area (Å²) < 4.78 is 26.3. The number of esters is 1. The summed E-state index contributed by atoms with van der Waals surface area (Å²) in [7, 11) is -1.67. The first-order valence-corrected chi connectivity index (χ1v) is 14.5. The molecule has 2 aliphatic rings. The Kier molecular flexibility index (Phi) is 7.61. The summed E-state index contributed by atoms with van der Waals surface area (Å²) in [4.78, 5) is 16.7. The number of fused-ring (bicyclic) bond motifs is 2. The SMILES string of the molecule is C[C@H](NP(OCC1CCC(c2ccc3c(N)ncnn23)O1)Oc1cccc2ccccc12)C(=O)OC1CCC1. The number of anilines is 1. The highest BCUT2D eigenvalue weighted by molar-refractivity contribution is 7.45. The second kappa shape index (κ2) is 11.4. The predicted molar refractivity (Wildman–Crippen MR) is 148 cm³/mol. The average Bonchev–Trinajstić information content (AvgIpc) is 3.57. The smallest absolute Gasteiger partial charge is 0.323 e. The van der Waals surface area contributed by atoms with Gasteiger partial charge < -0.3 is 24.3 Å². The van der Waals surface area contributed by atoms with E-state index in [4.69, 9.17) is 24.3 Å². The van der Waals surface area contributed by atoms with E-state index in [0.29, 0.717) is 18.2 Å². The van der Waals surface area contributed by atoms with Gasteiger partial charge in [-0.05, 0) is 62.6 Å². The molecule has 2 fully saturated rings. The Morgan fingerprint density at radius 1 is 1.15 bits per heavy atom. The van der Waals surface area contributed by atoms with Crippen LogP contribution >= 0.6 is 8.53 Å². The quantitative estimate of drug-likeness (QED) is 0.206. The van der Waals surface area contributed by atoms with E-state index < -0.39 is 14.6 Å². The van der Waals surface area contributed by atoms with Gasteiger partial charge in [-0.2, -0.15) is 5.10 Å². The molecule has 0 spiro atoms. The van der Waals surface area contributed by atoms with Crippen LogP contribution in [0, 0.1) is 0 Å². The van der Waals surface area contributed by atoms with Gasteiger partial charge in [0.1, 0.15) is 35.8 Å². The van der Waals surface area contributed by atoms with Crippen LogP contribution < -0.4 is 15.3 Å². The summed E-state index contributed by atoms with van der Waals surface area (Å²) in [5.41, 5.74) is 7.68. The number of nitrogens with two attached hydrogens (primary N) is 1. The number of hydrogen-bond donors (Lipinski definition) is 2. The van der Waals surface area contributed by atoms with E-state index in [9.17, 15) is 4.79 Å². The average molecular weight is 550 g/mol. The Bertz CT molecular complexity index is 1460. The number of nitrogens with one attached hydrogen (secondary N) is 1. The normalized spacial score (nSPS) is 21.1. The summed E-state index contributed by atoms with van der Waals surface area (Å²) in [6, 6.07) is 17.2. The molecule has 2 aromatic heterocycles. The van der Waals surface area contributed by atoms with Gasteiger partial charge in [0.05, 0.1) is 18.4 Å². The van der Waals surface area contributed by atoms with Crippen LogP contribution in [0.3, 0.4) is 0 Å². The van der Waals surface area contributed by atoms with E-state index in [1.54, 1.807) is 11.4 Å². The van der Waals surface area contributed by atoms with E-state index in [0.717, 1.165) is 54.1 Å². The molecule has 0 amide bonds. The zero-order chi connectivity index (χ0) is 26.8. The number of rotatable bonds is 10. The lowest BCUT2D eigenvalue weighted by atomic mass is 9.96. The van der Waals surface area contributed by atoms with Crippen LogP contribution in [-0.4, -0.2) is 45.4 Å².